The summed E-state index contributed by atoms with van der Waals surface area (Å²) in [6.45, 7) is 8.84. The van der Waals surface area contributed by atoms with Crippen LogP contribution in [-0.2, 0) is 6.54 Å². The van der Waals surface area contributed by atoms with Crippen molar-refractivity contribution in [1.29, 1.82) is 0 Å². The molecule has 0 aliphatic carbocycles. The maximum absolute atomic E-state index is 12.0. The van der Waals surface area contributed by atoms with Gasteiger partial charge in [0, 0.05) is 44.3 Å². The SMILES string of the molecule is CCCNC(=O)N1CCN(CC2(C)Cn3cc([N+](=O)[O-])nc3O2)CC1. The third kappa shape index (κ3) is 3.84. The molecule has 3 rings (SSSR count). The Kier molecular flexibility index (Phi) is 4.80. The minimum atomic E-state index is -0.519. The minimum absolute atomic E-state index is 0.00252. The van der Waals surface area contributed by atoms with Gasteiger partial charge >= 0.3 is 17.9 Å². The maximum atomic E-state index is 12.0. The average Bonchev–Trinajstić information content (AvgIpc) is 3.08. The summed E-state index contributed by atoms with van der Waals surface area (Å²) < 4.78 is 7.56. The summed E-state index contributed by atoms with van der Waals surface area (Å²) in [5.41, 5.74) is -0.468. The number of imidazole rings is 1. The van der Waals surface area contributed by atoms with Crippen LogP contribution in [0.5, 0.6) is 6.01 Å². The Balaban J connectivity index is 1.50. The number of piperazine rings is 1. The van der Waals surface area contributed by atoms with Crippen LogP contribution in [-0.4, -0.2) is 75.2 Å². The summed E-state index contributed by atoms with van der Waals surface area (Å²) in [5, 5.41) is 13.7. The van der Waals surface area contributed by atoms with Crippen LogP contribution in [0.25, 0.3) is 0 Å². The number of hydrogen-bond donors (Lipinski definition) is 1. The van der Waals surface area contributed by atoms with Crippen molar-refractivity contribution in [2.45, 2.75) is 32.4 Å². The van der Waals surface area contributed by atoms with Gasteiger partial charge < -0.3 is 25.1 Å². The molecule has 1 saturated heterocycles. The Morgan fingerprint density at radius 3 is 2.76 bits per heavy atom. The number of hydrogen-bond acceptors (Lipinski definition) is 6. The molecular weight excluding hydrogens is 328 g/mol. The smallest absolute Gasteiger partial charge is 0.415 e. The lowest BCUT2D eigenvalue weighted by molar-refractivity contribution is -0.389. The minimum Gasteiger partial charge on any atom is -0.436 e. The van der Waals surface area contributed by atoms with Gasteiger partial charge in [0.2, 0.25) is 0 Å². The third-order valence-electron chi connectivity index (χ3n) is 4.50. The van der Waals surface area contributed by atoms with Gasteiger partial charge in [-0.2, -0.15) is 0 Å². The van der Waals surface area contributed by atoms with Gasteiger partial charge in [0.1, 0.15) is 11.8 Å². The highest BCUT2D eigenvalue weighted by Crippen LogP contribution is 2.31. The molecule has 1 fully saturated rings. The molecular formula is C15H24N6O4. The molecule has 0 spiro atoms. The van der Waals surface area contributed by atoms with Crippen LogP contribution < -0.4 is 10.1 Å². The second-order valence-electron chi connectivity index (χ2n) is 6.81. The number of carbonyl (C=O) groups is 1. The van der Waals surface area contributed by atoms with E-state index in [0.717, 1.165) is 19.5 Å². The van der Waals surface area contributed by atoms with Crippen LogP contribution in [0.1, 0.15) is 20.3 Å². The number of rotatable bonds is 5. The summed E-state index contributed by atoms with van der Waals surface area (Å²) in [6.07, 6.45) is 2.34. The molecule has 0 bridgehead atoms. The van der Waals surface area contributed by atoms with Crippen LogP contribution in [0, 0.1) is 10.1 Å². The fraction of sp³-hybridized carbons (Fsp3) is 0.733. The molecule has 10 nitrogen and oxygen atoms in total. The summed E-state index contributed by atoms with van der Waals surface area (Å²) in [5.74, 6) is -0.191. The van der Waals surface area contributed by atoms with Crippen LogP contribution in [0.2, 0.25) is 0 Å². The van der Waals surface area contributed by atoms with Gasteiger partial charge in [0.15, 0.2) is 0 Å². The second kappa shape index (κ2) is 6.87. The lowest BCUT2D eigenvalue weighted by Gasteiger charge is -2.37. The quantitative estimate of drug-likeness (QED) is 0.617. The third-order valence-corrected chi connectivity index (χ3v) is 4.50. The van der Waals surface area contributed by atoms with E-state index in [4.69, 9.17) is 4.74 Å². The van der Waals surface area contributed by atoms with Gasteiger partial charge in [-0.25, -0.2) is 4.79 Å². The van der Waals surface area contributed by atoms with Crippen molar-refractivity contribution in [3.8, 4) is 6.01 Å². The summed E-state index contributed by atoms with van der Waals surface area (Å²) in [4.78, 5) is 30.2. The molecule has 2 aliphatic rings. The molecule has 25 heavy (non-hydrogen) atoms. The Bertz CT molecular complexity index is 629. The predicted molar refractivity (Wildman–Crippen MR) is 89.6 cm³/mol. The zero-order valence-electron chi connectivity index (χ0n) is 14.6. The van der Waals surface area contributed by atoms with Gasteiger partial charge in [-0.15, -0.1) is 0 Å². The number of fused-ring (bicyclic) bond motifs is 1. The first-order chi connectivity index (χ1) is 11.9. The van der Waals surface area contributed by atoms with Crippen LogP contribution in [0.15, 0.2) is 6.20 Å². The van der Waals surface area contributed by atoms with Crippen molar-refractivity contribution in [3.05, 3.63) is 16.3 Å². The van der Waals surface area contributed by atoms with Crippen molar-refractivity contribution in [2.24, 2.45) is 0 Å². The number of ether oxygens (including phenoxy) is 1. The summed E-state index contributed by atoms with van der Waals surface area (Å²) in [6, 6.07) is 0.295. The van der Waals surface area contributed by atoms with Crippen molar-refractivity contribution < 1.29 is 14.5 Å². The lowest BCUT2D eigenvalue weighted by atomic mass is 10.1. The van der Waals surface area contributed by atoms with Crippen LogP contribution >= 0.6 is 0 Å². The van der Waals surface area contributed by atoms with Crippen molar-refractivity contribution in [2.75, 3.05) is 39.3 Å². The van der Waals surface area contributed by atoms with Crippen LogP contribution in [0.4, 0.5) is 10.6 Å². The number of nitro groups is 1. The van der Waals surface area contributed by atoms with E-state index in [-0.39, 0.29) is 11.8 Å². The monoisotopic (exact) mass is 352 g/mol. The Hall–Kier alpha value is -2.36. The molecule has 0 saturated carbocycles. The largest absolute Gasteiger partial charge is 0.436 e. The molecule has 1 aromatic rings. The number of aromatic nitrogens is 2. The number of amides is 2. The molecule has 1 atom stereocenters. The summed E-state index contributed by atoms with van der Waals surface area (Å²) in [7, 11) is 0. The molecule has 2 aliphatic heterocycles. The van der Waals surface area contributed by atoms with E-state index in [0.29, 0.717) is 38.7 Å². The standard InChI is InChI=1S/C15H24N6O4/c1-3-4-16-13(22)19-7-5-18(6-8-19)10-15(2)11-20-9-12(21(23)24)17-14(20)25-15/h9H,3-8,10-11H2,1-2H3,(H,16,22). The second-order valence-corrected chi connectivity index (χ2v) is 6.81. The van der Waals surface area contributed by atoms with E-state index in [1.807, 2.05) is 18.7 Å². The summed E-state index contributed by atoms with van der Waals surface area (Å²) >= 11 is 0. The highest BCUT2D eigenvalue weighted by Gasteiger charge is 2.41. The van der Waals surface area contributed by atoms with E-state index >= 15 is 0 Å². The highest BCUT2D eigenvalue weighted by molar-refractivity contribution is 5.74. The number of nitrogens with one attached hydrogen (secondary N) is 1. The van der Waals surface area contributed by atoms with E-state index in [2.05, 4.69) is 15.2 Å². The average molecular weight is 352 g/mol. The zero-order valence-corrected chi connectivity index (χ0v) is 14.6. The van der Waals surface area contributed by atoms with E-state index in [9.17, 15) is 14.9 Å². The Morgan fingerprint density at radius 2 is 2.16 bits per heavy atom. The van der Waals surface area contributed by atoms with Gasteiger partial charge in [0.25, 0.3) is 0 Å². The number of nitrogens with zero attached hydrogens (tertiary/aromatic N) is 5. The first-order valence-electron chi connectivity index (χ1n) is 8.56. The van der Waals surface area contributed by atoms with Crippen molar-refractivity contribution >= 4 is 11.8 Å². The van der Waals surface area contributed by atoms with Gasteiger partial charge in [-0.3, -0.25) is 9.47 Å². The topological polar surface area (TPSA) is 106 Å². The lowest BCUT2D eigenvalue weighted by Crippen LogP contribution is -2.55. The van der Waals surface area contributed by atoms with Gasteiger partial charge in [-0.1, -0.05) is 6.92 Å². The van der Waals surface area contributed by atoms with Crippen molar-refractivity contribution in [1.82, 2.24) is 24.7 Å². The number of urea groups is 1. The molecule has 1 unspecified atom stereocenters. The zero-order chi connectivity index (χ0) is 18.0. The van der Waals surface area contributed by atoms with Crippen molar-refractivity contribution in [3.63, 3.8) is 0 Å². The van der Waals surface area contributed by atoms with E-state index < -0.39 is 10.5 Å². The molecule has 0 radical (unpaired) electrons. The maximum Gasteiger partial charge on any atom is 0.415 e. The van der Waals surface area contributed by atoms with Crippen LogP contribution in [0.3, 0.4) is 0 Å². The first kappa shape index (κ1) is 17.5. The normalized spacial score (nSPS) is 23.2. The molecule has 0 aromatic carbocycles. The molecule has 1 aromatic heterocycles. The highest BCUT2D eigenvalue weighted by atomic mass is 16.6. The molecule has 10 heteroatoms. The molecule has 138 valence electrons. The molecule has 2 amide bonds. The predicted octanol–water partition coefficient (Wildman–Crippen LogP) is 0.680. The number of carbonyl (C=O) groups excluding carboxylic acids is 1. The fourth-order valence-electron chi connectivity index (χ4n) is 3.29. The van der Waals surface area contributed by atoms with Gasteiger partial charge in [-0.05, 0) is 18.3 Å². The Morgan fingerprint density at radius 1 is 1.44 bits per heavy atom. The fourth-order valence-corrected chi connectivity index (χ4v) is 3.29. The van der Waals surface area contributed by atoms with E-state index in [1.165, 1.54) is 6.20 Å². The Labute approximate surface area is 145 Å². The van der Waals surface area contributed by atoms with E-state index in [1.54, 1.807) is 4.57 Å². The molecule has 3 heterocycles. The first-order valence-corrected chi connectivity index (χ1v) is 8.56. The van der Waals surface area contributed by atoms with Gasteiger partial charge in [0.05, 0.1) is 6.54 Å². The molecule has 1 N–H and O–H groups in total.